The molecule has 2 atom stereocenters. The molecule has 20 heavy (non-hydrogen) atoms. The summed E-state index contributed by atoms with van der Waals surface area (Å²) in [4.78, 5) is 4.74. The summed E-state index contributed by atoms with van der Waals surface area (Å²) in [7, 11) is 1.69. The Labute approximate surface area is 124 Å². The minimum Gasteiger partial charge on any atom is -0.494 e. The number of aromatic nitrogens is 2. The van der Waals surface area contributed by atoms with Gasteiger partial charge in [-0.2, -0.15) is 0 Å². The highest BCUT2D eigenvalue weighted by atomic mass is 35.5. The number of methoxy groups -OCH3 is 1. The number of hydrogen-bond donors (Lipinski definition) is 0. The first-order valence-corrected chi connectivity index (χ1v) is 7.74. The highest BCUT2D eigenvalue weighted by Crippen LogP contribution is 2.40. The predicted molar refractivity (Wildman–Crippen MR) is 82.6 cm³/mol. The Balaban J connectivity index is 2.13. The highest BCUT2D eigenvalue weighted by Gasteiger charge is 2.27. The Morgan fingerprint density at radius 1 is 1.40 bits per heavy atom. The van der Waals surface area contributed by atoms with Crippen LogP contribution in [0, 0.1) is 5.92 Å². The van der Waals surface area contributed by atoms with E-state index in [-0.39, 0.29) is 5.38 Å². The highest BCUT2D eigenvalue weighted by molar-refractivity contribution is 6.20. The number of fused-ring (bicyclic) bond motifs is 1. The Bertz CT molecular complexity index is 616. The van der Waals surface area contributed by atoms with Gasteiger partial charge in [0.2, 0.25) is 0 Å². The van der Waals surface area contributed by atoms with Crippen molar-refractivity contribution in [2.45, 2.75) is 44.5 Å². The predicted octanol–water partition coefficient (Wildman–Crippen LogP) is 4.71. The normalized spacial score (nSPS) is 18.2. The second-order valence-electron chi connectivity index (χ2n) is 5.81. The van der Waals surface area contributed by atoms with Gasteiger partial charge < -0.3 is 9.30 Å². The zero-order valence-electron chi connectivity index (χ0n) is 12.3. The number of imidazole rings is 1. The van der Waals surface area contributed by atoms with E-state index >= 15 is 0 Å². The zero-order chi connectivity index (χ0) is 14.3. The molecule has 0 radical (unpaired) electrons. The van der Waals surface area contributed by atoms with Crippen LogP contribution in [-0.4, -0.2) is 16.7 Å². The van der Waals surface area contributed by atoms with Crippen LogP contribution in [0.2, 0.25) is 0 Å². The molecule has 3 rings (SSSR count). The second kappa shape index (κ2) is 5.28. The Morgan fingerprint density at radius 3 is 2.75 bits per heavy atom. The number of halogens is 1. The smallest absolute Gasteiger partial charge is 0.146 e. The Hall–Kier alpha value is -1.22. The molecule has 2 unspecified atom stereocenters. The Kier molecular flexibility index (Phi) is 3.63. The van der Waals surface area contributed by atoms with E-state index in [2.05, 4.69) is 17.6 Å². The summed E-state index contributed by atoms with van der Waals surface area (Å²) in [5, 5.41) is -0.103. The number of benzene rings is 1. The monoisotopic (exact) mass is 292 g/mol. The number of hydrogen-bond acceptors (Lipinski definition) is 2. The molecule has 1 aromatic carbocycles. The summed E-state index contributed by atoms with van der Waals surface area (Å²) in [6.07, 6.45) is 3.94. The molecular weight excluding hydrogens is 272 g/mol. The summed E-state index contributed by atoms with van der Waals surface area (Å²) < 4.78 is 7.73. The first-order chi connectivity index (χ1) is 9.61. The minimum atomic E-state index is -0.103. The summed E-state index contributed by atoms with van der Waals surface area (Å²) in [5.74, 6) is 2.64. The molecule has 1 fully saturated rings. The van der Waals surface area contributed by atoms with Crippen LogP contribution in [0.1, 0.15) is 50.4 Å². The van der Waals surface area contributed by atoms with Crippen LogP contribution in [-0.2, 0) is 0 Å². The number of rotatable bonds is 5. The lowest BCUT2D eigenvalue weighted by atomic mass is 10.1. The fraction of sp³-hybridized carbons (Fsp3) is 0.562. The molecule has 2 aromatic rings. The van der Waals surface area contributed by atoms with Gasteiger partial charge in [-0.05, 0) is 38.3 Å². The van der Waals surface area contributed by atoms with E-state index in [1.165, 1.54) is 19.3 Å². The molecule has 4 heteroatoms. The van der Waals surface area contributed by atoms with Gasteiger partial charge in [-0.25, -0.2) is 4.98 Å². The van der Waals surface area contributed by atoms with Gasteiger partial charge in [-0.1, -0.05) is 18.9 Å². The molecule has 0 N–H and O–H groups in total. The van der Waals surface area contributed by atoms with Crippen molar-refractivity contribution in [2.75, 3.05) is 7.11 Å². The van der Waals surface area contributed by atoms with Gasteiger partial charge in [-0.3, -0.25) is 0 Å². The van der Waals surface area contributed by atoms with Crippen molar-refractivity contribution in [3.8, 4) is 5.75 Å². The minimum absolute atomic E-state index is 0.103. The number of alkyl halides is 1. The lowest BCUT2D eigenvalue weighted by molar-refractivity contribution is 0.419. The molecule has 1 aliphatic rings. The van der Waals surface area contributed by atoms with Crippen LogP contribution in [0.4, 0.5) is 0 Å². The van der Waals surface area contributed by atoms with Gasteiger partial charge in [0, 0.05) is 6.04 Å². The summed E-state index contributed by atoms with van der Waals surface area (Å²) in [6, 6.07) is 6.51. The van der Waals surface area contributed by atoms with Crippen molar-refractivity contribution >= 4 is 22.6 Å². The van der Waals surface area contributed by atoms with Crippen molar-refractivity contribution in [2.24, 2.45) is 5.92 Å². The topological polar surface area (TPSA) is 27.1 Å². The third kappa shape index (κ3) is 2.39. The summed E-state index contributed by atoms with van der Waals surface area (Å²) >= 11 is 6.35. The van der Waals surface area contributed by atoms with Crippen LogP contribution in [0.5, 0.6) is 5.75 Å². The number of nitrogens with zero attached hydrogens (tertiary/aromatic N) is 2. The van der Waals surface area contributed by atoms with E-state index < -0.39 is 0 Å². The van der Waals surface area contributed by atoms with Crippen molar-refractivity contribution in [1.82, 2.24) is 9.55 Å². The summed E-state index contributed by atoms with van der Waals surface area (Å²) in [6.45, 7) is 4.25. The molecule has 0 aliphatic heterocycles. The van der Waals surface area contributed by atoms with Gasteiger partial charge in [0.25, 0.3) is 0 Å². The third-order valence-corrected chi connectivity index (χ3v) is 4.29. The maximum Gasteiger partial charge on any atom is 0.146 e. The average molecular weight is 293 g/mol. The molecule has 1 aromatic heterocycles. The van der Waals surface area contributed by atoms with Crippen LogP contribution in [0.25, 0.3) is 11.0 Å². The van der Waals surface area contributed by atoms with Gasteiger partial charge >= 0.3 is 0 Å². The SMILES string of the molecule is COc1cccc2c1nc(C(C)Cl)n2C(C)CC1CC1. The molecule has 1 heterocycles. The van der Waals surface area contributed by atoms with E-state index in [0.717, 1.165) is 28.5 Å². The molecule has 0 amide bonds. The maximum atomic E-state index is 6.35. The van der Waals surface area contributed by atoms with E-state index in [1.807, 2.05) is 19.1 Å². The fourth-order valence-electron chi connectivity index (χ4n) is 2.96. The van der Waals surface area contributed by atoms with Gasteiger partial charge in [0.05, 0.1) is 18.0 Å². The van der Waals surface area contributed by atoms with Gasteiger partial charge in [0.1, 0.15) is 17.1 Å². The quantitative estimate of drug-likeness (QED) is 0.747. The largest absolute Gasteiger partial charge is 0.494 e. The standard InChI is InChI=1S/C16H21ClN2O/c1-10(9-12-7-8-12)19-13-5-4-6-14(20-3)15(13)18-16(19)11(2)17/h4-6,10-12H,7-9H2,1-3H3. The van der Waals surface area contributed by atoms with Crippen molar-refractivity contribution < 1.29 is 4.74 Å². The first kappa shape index (κ1) is 13.7. The lowest BCUT2D eigenvalue weighted by Gasteiger charge is -2.18. The molecular formula is C16H21ClN2O. The van der Waals surface area contributed by atoms with E-state index in [4.69, 9.17) is 21.3 Å². The fourth-order valence-corrected chi connectivity index (χ4v) is 3.11. The first-order valence-electron chi connectivity index (χ1n) is 7.30. The number of para-hydroxylation sites is 1. The second-order valence-corrected chi connectivity index (χ2v) is 6.47. The van der Waals surface area contributed by atoms with Crippen LogP contribution in [0.3, 0.4) is 0 Å². The van der Waals surface area contributed by atoms with Gasteiger partial charge in [0.15, 0.2) is 0 Å². The summed E-state index contributed by atoms with van der Waals surface area (Å²) in [5.41, 5.74) is 2.04. The van der Waals surface area contributed by atoms with E-state index in [9.17, 15) is 0 Å². The Morgan fingerprint density at radius 2 is 2.15 bits per heavy atom. The molecule has 0 bridgehead atoms. The molecule has 0 spiro atoms. The third-order valence-electron chi connectivity index (χ3n) is 4.10. The van der Waals surface area contributed by atoms with Crippen LogP contribution < -0.4 is 4.74 Å². The average Bonchev–Trinajstić information content (AvgIpc) is 3.14. The van der Waals surface area contributed by atoms with Crippen molar-refractivity contribution in [3.05, 3.63) is 24.0 Å². The van der Waals surface area contributed by atoms with Crippen molar-refractivity contribution in [3.63, 3.8) is 0 Å². The molecule has 108 valence electrons. The van der Waals surface area contributed by atoms with Crippen LogP contribution in [0.15, 0.2) is 18.2 Å². The van der Waals surface area contributed by atoms with E-state index in [0.29, 0.717) is 6.04 Å². The molecule has 1 aliphatic carbocycles. The molecule has 1 saturated carbocycles. The number of ether oxygens (including phenoxy) is 1. The van der Waals surface area contributed by atoms with Crippen LogP contribution >= 0.6 is 11.6 Å². The van der Waals surface area contributed by atoms with Crippen molar-refractivity contribution in [1.29, 1.82) is 0 Å². The zero-order valence-corrected chi connectivity index (χ0v) is 13.0. The maximum absolute atomic E-state index is 6.35. The lowest BCUT2D eigenvalue weighted by Crippen LogP contribution is -2.10. The molecule has 3 nitrogen and oxygen atoms in total. The molecule has 0 saturated heterocycles. The van der Waals surface area contributed by atoms with E-state index in [1.54, 1.807) is 7.11 Å². The van der Waals surface area contributed by atoms with Gasteiger partial charge in [-0.15, -0.1) is 11.6 Å².